The van der Waals surface area contributed by atoms with E-state index >= 15 is 0 Å². The highest BCUT2D eigenvalue weighted by Gasteiger charge is 2.19. The minimum Gasteiger partial charge on any atom is -0.462 e. The van der Waals surface area contributed by atoms with Crippen LogP contribution in [0.5, 0.6) is 0 Å². The molecule has 0 saturated carbocycles. The van der Waals surface area contributed by atoms with Gasteiger partial charge in [0.2, 0.25) is 0 Å². The van der Waals surface area contributed by atoms with E-state index in [0.29, 0.717) is 19.3 Å². The van der Waals surface area contributed by atoms with Crippen LogP contribution in [0.3, 0.4) is 0 Å². The average molecular weight is 765 g/mol. The summed E-state index contributed by atoms with van der Waals surface area (Å²) in [5, 5.41) is 0. The van der Waals surface area contributed by atoms with Gasteiger partial charge in [-0.05, 0) is 19.3 Å². The molecule has 6 heteroatoms. The smallest absolute Gasteiger partial charge is 0.306 e. The summed E-state index contributed by atoms with van der Waals surface area (Å²) in [5.41, 5.74) is 0. The molecule has 0 heterocycles. The Bertz CT molecular complexity index is 798. The van der Waals surface area contributed by atoms with Crippen LogP contribution >= 0.6 is 0 Å². The molecular weight excluding hydrogens is 673 g/mol. The van der Waals surface area contributed by atoms with Gasteiger partial charge in [0.05, 0.1) is 0 Å². The Morgan fingerprint density at radius 1 is 0.296 bits per heavy atom. The van der Waals surface area contributed by atoms with Gasteiger partial charge in [0.15, 0.2) is 6.10 Å². The molecule has 0 aliphatic rings. The lowest BCUT2D eigenvalue weighted by molar-refractivity contribution is -0.167. The molecule has 0 aliphatic heterocycles. The van der Waals surface area contributed by atoms with Gasteiger partial charge < -0.3 is 14.2 Å². The molecule has 54 heavy (non-hydrogen) atoms. The Balaban J connectivity index is 4.22. The molecule has 0 aromatic heterocycles. The van der Waals surface area contributed by atoms with E-state index in [2.05, 4.69) is 20.8 Å². The summed E-state index contributed by atoms with van der Waals surface area (Å²) in [6, 6.07) is 0. The molecule has 0 radical (unpaired) electrons. The summed E-state index contributed by atoms with van der Waals surface area (Å²) in [5.74, 6) is -0.852. The van der Waals surface area contributed by atoms with E-state index in [0.717, 1.165) is 57.8 Å². The number of hydrogen-bond donors (Lipinski definition) is 0. The Hall–Kier alpha value is -1.59. The maximum absolute atomic E-state index is 12.7. The van der Waals surface area contributed by atoms with Gasteiger partial charge in [-0.1, -0.05) is 233 Å². The number of hydrogen-bond acceptors (Lipinski definition) is 6. The first kappa shape index (κ1) is 52.4. The Morgan fingerprint density at radius 3 is 0.741 bits per heavy atom. The van der Waals surface area contributed by atoms with Crippen molar-refractivity contribution in [1.29, 1.82) is 0 Å². The topological polar surface area (TPSA) is 78.9 Å². The summed E-state index contributed by atoms with van der Waals surface area (Å²) in [4.78, 5) is 37.7. The van der Waals surface area contributed by atoms with Crippen LogP contribution in [0.4, 0.5) is 0 Å². The van der Waals surface area contributed by atoms with Gasteiger partial charge >= 0.3 is 17.9 Å². The zero-order valence-electron chi connectivity index (χ0n) is 36.5. The van der Waals surface area contributed by atoms with Crippen LogP contribution in [0.15, 0.2) is 0 Å². The Kier molecular flexibility index (Phi) is 42.8. The molecular formula is C48H92O6. The van der Waals surface area contributed by atoms with Crippen molar-refractivity contribution >= 4 is 17.9 Å². The van der Waals surface area contributed by atoms with E-state index in [1.807, 2.05) is 0 Å². The third kappa shape index (κ3) is 41.6. The molecule has 0 rings (SSSR count). The van der Waals surface area contributed by atoms with Crippen molar-refractivity contribution in [3.8, 4) is 0 Å². The van der Waals surface area contributed by atoms with Gasteiger partial charge in [0.1, 0.15) is 13.2 Å². The molecule has 0 aliphatic carbocycles. The first-order valence-corrected chi connectivity index (χ1v) is 24.0. The fourth-order valence-corrected chi connectivity index (χ4v) is 7.21. The molecule has 0 bridgehead atoms. The SMILES string of the molecule is CCCCCCCCCCCCCCCCCCCC(=O)OCC(COC(=O)CCCCCCCCCCC)OC(=O)CCCCCCCCCCCC. The molecule has 6 nitrogen and oxygen atoms in total. The van der Waals surface area contributed by atoms with Crippen molar-refractivity contribution in [2.75, 3.05) is 13.2 Å². The monoisotopic (exact) mass is 765 g/mol. The highest BCUT2D eigenvalue weighted by Crippen LogP contribution is 2.16. The lowest BCUT2D eigenvalue weighted by atomic mass is 10.0. The lowest BCUT2D eigenvalue weighted by Crippen LogP contribution is -2.30. The second kappa shape index (κ2) is 44.1. The second-order valence-corrected chi connectivity index (χ2v) is 16.4. The van der Waals surface area contributed by atoms with Gasteiger partial charge in [-0.15, -0.1) is 0 Å². The van der Waals surface area contributed by atoms with Gasteiger partial charge in [-0.3, -0.25) is 14.4 Å². The number of carbonyl (C=O) groups is 3. The molecule has 1 atom stereocenters. The normalized spacial score (nSPS) is 11.8. The quantitative estimate of drug-likeness (QED) is 0.0349. The van der Waals surface area contributed by atoms with Crippen LogP contribution in [-0.2, 0) is 28.6 Å². The summed E-state index contributed by atoms with van der Waals surface area (Å²) < 4.78 is 16.7. The maximum atomic E-state index is 12.7. The van der Waals surface area contributed by atoms with Crippen LogP contribution < -0.4 is 0 Å². The van der Waals surface area contributed by atoms with Gasteiger partial charge in [0.25, 0.3) is 0 Å². The van der Waals surface area contributed by atoms with Crippen molar-refractivity contribution in [1.82, 2.24) is 0 Å². The van der Waals surface area contributed by atoms with Crippen LogP contribution in [0, 0.1) is 0 Å². The van der Waals surface area contributed by atoms with E-state index in [1.54, 1.807) is 0 Å². The first-order valence-electron chi connectivity index (χ1n) is 24.0. The number of unbranched alkanes of at least 4 members (excludes halogenated alkanes) is 33. The second-order valence-electron chi connectivity index (χ2n) is 16.4. The van der Waals surface area contributed by atoms with E-state index < -0.39 is 6.10 Å². The molecule has 0 amide bonds. The van der Waals surface area contributed by atoms with Crippen molar-refractivity contribution < 1.29 is 28.6 Å². The predicted molar refractivity (Wildman–Crippen MR) is 229 cm³/mol. The minimum atomic E-state index is -0.757. The molecule has 1 unspecified atom stereocenters. The predicted octanol–water partition coefficient (Wildman–Crippen LogP) is 15.3. The molecule has 0 saturated heterocycles. The van der Waals surface area contributed by atoms with Crippen LogP contribution in [-0.4, -0.2) is 37.2 Å². The van der Waals surface area contributed by atoms with Crippen molar-refractivity contribution in [3.05, 3.63) is 0 Å². The molecule has 0 spiro atoms. The molecule has 0 aromatic carbocycles. The van der Waals surface area contributed by atoms with Crippen LogP contribution in [0.1, 0.15) is 271 Å². The summed E-state index contributed by atoms with van der Waals surface area (Å²) in [7, 11) is 0. The maximum Gasteiger partial charge on any atom is 0.306 e. The van der Waals surface area contributed by atoms with E-state index in [1.165, 1.54) is 173 Å². The third-order valence-electron chi connectivity index (χ3n) is 10.9. The average Bonchev–Trinajstić information content (AvgIpc) is 3.17. The molecule has 0 fully saturated rings. The number of ether oxygens (including phenoxy) is 3. The fourth-order valence-electron chi connectivity index (χ4n) is 7.21. The standard InChI is InChI=1S/C48H92O6/c1-4-7-10-13-16-19-21-22-23-24-25-26-27-30-32-35-38-41-47(50)53-44-45(43-52-46(49)40-37-34-31-28-18-15-12-9-6-3)54-48(51)42-39-36-33-29-20-17-14-11-8-5-2/h45H,4-44H2,1-3H3. The Morgan fingerprint density at radius 2 is 0.500 bits per heavy atom. The summed E-state index contributed by atoms with van der Waals surface area (Å²) in [6.45, 7) is 6.63. The van der Waals surface area contributed by atoms with Gasteiger partial charge in [-0.2, -0.15) is 0 Å². The molecule has 320 valence electrons. The molecule has 0 N–H and O–H groups in total. The highest BCUT2D eigenvalue weighted by atomic mass is 16.6. The van der Waals surface area contributed by atoms with Gasteiger partial charge in [-0.25, -0.2) is 0 Å². The lowest BCUT2D eigenvalue weighted by Gasteiger charge is -2.18. The fraction of sp³-hybridized carbons (Fsp3) is 0.938. The van der Waals surface area contributed by atoms with E-state index in [-0.39, 0.29) is 31.1 Å². The van der Waals surface area contributed by atoms with Gasteiger partial charge in [0, 0.05) is 19.3 Å². The molecule has 0 aromatic rings. The first-order chi connectivity index (χ1) is 26.5. The highest BCUT2D eigenvalue weighted by molar-refractivity contribution is 5.71. The largest absolute Gasteiger partial charge is 0.462 e. The summed E-state index contributed by atoms with van der Waals surface area (Å²) in [6.07, 6.45) is 45.2. The minimum absolute atomic E-state index is 0.0626. The van der Waals surface area contributed by atoms with E-state index in [4.69, 9.17) is 14.2 Å². The van der Waals surface area contributed by atoms with Crippen molar-refractivity contribution in [3.63, 3.8) is 0 Å². The zero-order valence-corrected chi connectivity index (χ0v) is 36.5. The van der Waals surface area contributed by atoms with Crippen LogP contribution in [0.25, 0.3) is 0 Å². The number of carbonyl (C=O) groups excluding carboxylic acids is 3. The zero-order chi connectivity index (χ0) is 39.4. The van der Waals surface area contributed by atoms with E-state index in [9.17, 15) is 14.4 Å². The Labute approximate surface area is 336 Å². The van der Waals surface area contributed by atoms with Crippen molar-refractivity contribution in [2.45, 2.75) is 277 Å². The number of esters is 3. The van der Waals surface area contributed by atoms with Crippen LogP contribution in [0.2, 0.25) is 0 Å². The third-order valence-corrected chi connectivity index (χ3v) is 10.9. The number of rotatable bonds is 44. The van der Waals surface area contributed by atoms with Crippen molar-refractivity contribution in [2.24, 2.45) is 0 Å². The summed E-state index contributed by atoms with van der Waals surface area (Å²) >= 11 is 0.